The molecule has 2 aromatic rings. The minimum atomic E-state index is 0.481. The van der Waals surface area contributed by atoms with Crippen molar-refractivity contribution < 1.29 is 0 Å². The van der Waals surface area contributed by atoms with Crippen LogP contribution in [0.4, 0.5) is 0 Å². The first-order chi connectivity index (χ1) is 8.11. The molecule has 0 amide bonds. The van der Waals surface area contributed by atoms with E-state index in [-0.39, 0.29) is 0 Å². The van der Waals surface area contributed by atoms with Crippen LogP contribution in [-0.2, 0) is 13.1 Å². The molecule has 5 heteroatoms. The molecule has 0 unspecified atom stereocenters. The summed E-state index contributed by atoms with van der Waals surface area (Å²) in [6, 6.07) is 5.88. The van der Waals surface area contributed by atoms with Gasteiger partial charge in [-0.25, -0.2) is 4.98 Å². The lowest BCUT2D eigenvalue weighted by Gasteiger charge is -2.10. The summed E-state index contributed by atoms with van der Waals surface area (Å²) >= 11 is 9.59. The molecule has 0 atom stereocenters. The summed E-state index contributed by atoms with van der Waals surface area (Å²) in [4.78, 5) is 4.26. The highest BCUT2D eigenvalue weighted by atomic mass is 79.9. The van der Waals surface area contributed by atoms with Crippen LogP contribution in [0.15, 0.2) is 28.9 Å². The van der Waals surface area contributed by atoms with E-state index in [0.29, 0.717) is 13.1 Å². The Morgan fingerprint density at radius 2 is 2.24 bits per heavy atom. The summed E-state index contributed by atoms with van der Waals surface area (Å²) in [6.45, 7) is 3.14. The normalized spacial score (nSPS) is 10.8. The maximum Gasteiger partial charge on any atom is 0.106 e. The zero-order valence-electron chi connectivity index (χ0n) is 9.45. The summed E-state index contributed by atoms with van der Waals surface area (Å²) in [7, 11) is 0. The van der Waals surface area contributed by atoms with Crippen molar-refractivity contribution in [2.24, 2.45) is 5.73 Å². The first kappa shape index (κ1) is 12.6. The van der Waals surface area contributed by atoms with Crippen LogP contribution in [0.2, 0.25) is 5.02 Å². The number of nitrogens with zero attached hydrogens (tertiary/aromatic N) is 2. The molecular formula is C12H13BrClN3. The molecule has 0 spiro atoms. The average Bonchev–Trinajstić information content (AvgIpc) is 2.64. The zero-order chi connectivity index (χ0) is 12.4. The van der Waals surface area contributed by atoms with Crippen LogP contribution < -0.4 is 5.73 Å². The second-order valence-electron chi connectivity index (χ2n) is 3.82. The molecule has 0 aliphatic carbocycles. The standard InChI is InChI=1S/C12H13BrClN3/c1-8-16-6-11(5-15)17(8)7-9-2-3-10(13)4-12(9)14/h2-4,6H,5,7,15H2,1H3. The predicted octanol–water partition coefficient (Wildman–Crippen LogP) is 3.11. The van der Waals surface area contributed by atoms with Gasteiger partial charge in [-0.3, -0.25) is 0 Å². The first-order valence-corrected chi connectivity index (χ1v) is 6.44. The number of imidazole rings is 1. The molecule has 0 aliphatic heterocycles. The van der Waals surface area contributed by atoms with Crippen LogP contribution in [0.25, 0.3) is 0 Å². The Morgan fingerprint density at radius 3 is 2.88 bits per heavy atom. The van der Waals surface area contributed by atoms with Gasteiger partial charge in [-0.1, -0.05) is 33.6 Å². The lowest BCUT2D eigenvalue weighted by Crippen LogP contribution is -2.10. The molecule has 90 valence electrons. The van der Waals surface area contributed by atoms with E-state index in [9.17, 15) is 0 Å². The largest absolute Gasteiger partial charge is 0.327 e. The van der Waals surface area contributed by atoms with Crippen LogP contribution in [0, 0.1) is 6.92 Å². The zero-order valence-corrected chi connectivity index (χ0v) is 11.8. The number of nitrogens with two attached hydrogens (primary N) is 1. The molecule has 2 rings (SSSR count). The fourth-order valence-corrected chi connectivity index (χ4v) is 2.45. The smallest absolute Gasteiger partial charge is 0.106 e. The maximum absolute atomic E-state index is 6.20. The highest BCUT2D eigenvalue weighted by molar-refractivity contribution is 9.10. The van der Waals surface area contributed by atoms with Gasteiger partial charge in [0.05, 0.1) is 12.2 Å². The lowest BCUT2D eigenvalue weighted by atomic mass is 10.2. The monoisotopic (exact) mass is 313 g/mol. The third-order valence-electron chi connectivity index (χ3n) is 2.69. The maximum atomic E-state index is 6.20. The van der Waals surface area contributed by atoms with Crippen molar-refractivity contribution in [1.29, 1.82) is 0 Å². The van der Waals surface area contributed by atoms with Crippen molar-refractivity contribution in [3.8, 4) is 0 Å². The number of benzene rings is 1. The highest BCUT2D eigenvalue weighted by Crippen LogP contribution is 2.23. The quantitative estimate of drug-likeness (QED) is 0.946. The molecule has 0 saturated heterocycles. The number of hydrogen-bond donors (Lipinski definition) is 1. The number of aryl methyl sites for hydroxylation is 1. The second kappa shape index (κ2) is 5.21. The molecule has 0 bridgehead atoms. The molecule has 1 heterocycles. The van der Waals surface area contributed by atoms with Gasteiger partial charge in [0.2, 0.25) is 0 Å². The van der Waals surface area contributed by atoms with Gasteiger partial charge in [-0.05, 0) is 24.6 Å². The molecule has 1 aromatic heterocycles. The van der Waals surface area contributed by atoms with Gasteiger partial charge < -0.3 is 10.3 Å². The van der Waals surface area contributed by atoms with Gasteiger partial charge in [-0.15, -0.1) is 0 Å². The van der Waals surface area contributed by atoms with Crippen LogP contribution in [0.1, 0.15) is 17.1 Å². The fourth-order valence-electron chi connectivity index (χ4n) is 1.71. The van der Waals surface area contributed by atoms with Crippen molar-refractivity contribution >= 4 is 27.5 Å². The summed E-state index contributed by atoms with van der Waals surface area (Å²) < 4.78 is 3.06. The van der Waals surface area contributed by atoms with E-state index in [1.54, 1.807) is 0 Å². The van der Waals surface area contributed by atoms with E-state index in [2.05, 4.69) is 25.5 Å². The number of rotatable bonds is 3. The Bertz CT molecular complexity index is 537. The summed E-state index contributed by atoms with van der Waals surface area (Å²) in [5.41, 5.74) is 7.75. The van der Waals surface area contributed by atoms with Crippen molar-refractivity contribution in [2.45, 2.75) is 20.0 Å². The molecule has 3 nitrogen and oxygen atoms in total. The summed E-state index contributed by atoms with van der Waals surface area (Å²) in [5, 5.41) is 0.746. The van der Waals surface area contributed by atoms with E-state index in [0.717, 1.165) is 26.6 Å². The predicted molar refractivity (Wildman–Crippen MR) is 73.1 cm³/mol. The van der Waals surface area contributed by atoms with Crippen molar-refractivity contribution in [2.75, 3.05) is 0 Å². The molecular weight excluding hydrogens is 302 g/mol. The van der Waals surface area contributed by atoms with Crippen LogP contribution in [0.5, 0.6) is 0 Å². The molecule has 0 saturated carbocycles. The third-order valence-corrected chi connectivity index (χ3v) is 3.54. The van der Waals surface area contributed by atoms with E-state index in [4.69, 9.17) is 17.3 Å². The van der Waals surface area contributed by atoms with Gasteiger partial charge in [0.1, 0.15) is 5.82 Å². The minimum absolute atomic E-state index is 0.481. The minimum Gasteiger partial charge on any atom is -0.327 e. The average molecular weight is 315 g/mol. The number of hydrogen-bond acceptors (Lipinski definition) is 2. The lowest BCUT2D eigenvalue weighted by molar-refractivity contribution is 0.713. The summed E-state index contributed by atoms with van der Waals surface area (Å²) in [5.74, 6) is 0.949. The van der Waals surface area contributed by atoms with E-state index in [1.165, 1.54) is 0 Å². The van der Waals surface area contributed by atoms with Gasteiger partial charge in [0, 0.05) is 22.2 Å². The van der Waals surface area contributed by atoms with Crippen LogP contribution in [0.3, 0.4) is 0 Å². The molecule has 0 fully saturated rings. The molecule has 1 aromatic carbocycles. The molecule has 17 heavy (non-hydrogen) atoms. The number of aromatic nitrogens is 2. The first-order valence-electron chi connectivity index (χ1n) is 5.27. The molecule has 0 radical (unpaired) electrons. The molecule has 0 aliphatic rings. The topological polar surface area (TPSA) is 43.8 Å². The Hall–Kier alpha value is -0.840. The van der Waals surface area contributed by atoms with Crippen LogP contribution >= 0.6 is 27.5 Å². The SMILES string of the molecule is Cc1ncc(CN)n1Cc1ccc(Br)cc1Cl. The van der Waals surface area contributed by atoms with Gasteiger partial charge >= 0.3 is 0 Å². The second-order valence-corrected chi connectivity index (χ2v) is 5.15. The highest BCUT2D eigenvalue weighted by Gasteiger charge is 2.08. The van der Waals surface area contributed by atoms with Crippen molar-refractivity contribution in [3.05, 3.63) is 51.0 Å². The van der Waals surface area contributed by atoms with E-state index in [1.807, 2.05) is 31.3 Å². The number of halogens is 2. The van der Waals surface area contributed by atoms with E-state index >= 15 is 0 Å². The Morgan fingerprint density at radius 1 is 1.47 bits per heavy atom. The van der Waals surface area contributed by atoms with Crippen LogP contribution in [-0.4, -0.2) is 9.55 Å². The van der Waals surface area contributed by atoms with Gasteiger partial charge in [0.25, 0.3) is 0 Å². The Kier molecular flexibility index (Phi) is 3.86. The van der Waals surface area contributed by atoms with Crippen molar-refractivity contribution in [1.82, 2.24) is 9.55 Å². The fraction of sp³-hybridized carbons (Fsp3) is 0.250. The Balaban J connectivity index is 2.34. The van der Waals surface area contributed by atoms with Gasteiger partial charge in [0.15, 0.2) is 0 Å². The Labute approximate surface area is 114 Å². The third kappa shape index (κ3) is 2.70. The van der Waals surface area contributed by atoms with Gasteiger partial charge in [-0.2, -0.15) is 0 Å². The van der Waals surface area contributed by atoms with Crippen molar-refractivity contribution in [3.63, 3.8) is 0 Å². The molecule has 2 N–H and O–H groups in total. The summed E-state index contributed by atoms with van der Waals surface area (Å²) in [6.07, 6.45) is 1.81. The van der Waals surface area contributed by atoms with E-state index < -0.39 is 0 Å².